The van der Waals surface area contributed by atoms with Crippen molar-refractivity contribution in [3.05, 3.63) is 21.4 Å². The third-order valence-corrected chi connectivity index (χ3v) is 4.56. The highest BCUT2D eigenvalue weighted by Gasteiger charge is 2.13. The maximum Gasteiger partial charge on any atom is 0.0299 e. The van der Waals surface area contributed by atoms with Crippen LogP contribution >= 0.6 is 11.3 Å². The van der Waals surface area contributed by atoms with Gasteiger partial charge in [0, 0.05) is 16.3 Å². The van der Waals surface area contributed by atoms with Crippen molar-refractivity contribution in [3.63, 3.8) is 0 Å². The molecule has 2 rings (SSSR count). The summed E-state index contributed by atoms with van der Waals surface area (Å²) in [6, 6.07) is 2.31. The van der Waals surface area contributed by atoms with Crippen LogP contribution in [0.1, 0.15) is 28.2 Å². The van der Waals surface area contributed by atoms with E-state index < -0.39 is 0 Å². The Morgan fingerprint density at radius 3 is 3.00 bits per heavy atom. The van der Waals surface area contributed by atoms with Gasteiger partial charge in [0.05, 0.1) is 0 Å². The molecule has 3 heteroatoms. The second kappa shape index (κ2) is 5.80. The van der Waals surface area contributed by atoms with Crippen LogP contribution in [0, 0.1) is 19.8 Å². The summed E-state index contributed by atoms with van der Waals surface area (Å²) >= 11 is 1.92. The first-order valence-corrected chi connectivity index (χ1v) is 7.04. The van der Waals surface area contributed by atoms with Gasteiger partial charge in [0.15, 0.2) is 0 Å². The lowest BCUT2D eigenvalue weighted by atomic mass is 10.1. The van der Waals surface area contributed by atoms with Crippen molar-refractivity contribution in [3.8, 4) is 0 Å². The fourth-order valence-electron chi connectivity index (χ4n) is 2.22. The van der Waals surface area contributed by atoms with Crippen LogP contribution < -0.4 is 10.6 Å². The Hall–Kier alpha value is -0.380. The molecular formula is C13H22N2S. The summed E-state index contributed by atoms with van der Waals surface area (Å²) in [7, 11) is 0. The second-order valence-electron chi connectivity index (χ2n) is 4.78. The summed E-state index contributed by atoms with van der Waals surface area (Å²) in [5.74, 6) is 0.902. The molecule has 2 nitrogen and oxygen atoms in total. The number of hydrogen-bond acceptors (Lipinski definition) is 3. The number of hydrogen-bond donors (Lipinski definition) is 2. The average Bonchev–Trinajstić information content (AvgIpc) is 2.85. The number of thiophene rings is 1. The maximum absolute atomic E-state index is 3.55. The topological polar surface area (TPSA) is 24.1 Å². The van der Waals surface area contributed by atoms with Crippen LogP contribution in [-0.2, 0) is 6.54 Å². The minimum Gasteiger partial charge on any atom is -0.316 e. The molecule has 0 aliphatic carbocycles. The highest BCUT2D eigenvalue weighted by atomic mass is 32.1. The molecular weight excluding hydrogens is 216 g/mol. The smallest absolute Gasteiger partial charge is 0.0299 e. The molecule has 1 saturated heterocycles. The molecule has 16 heavy (non-hydrogen) atoms. The summed E-state index contributed by atoms with van der Waals surface area (Å²) in [6.45, 7) is 9.03. The molecule has 0 amide bonds. The van der Waals surface area contributed by atoms with E-state index >= 15 is 0 Å². The molecule has 2 heterocycles. The minimum atomic E-state index is 0.902. The summed E-state index contributed by atoms with van der Waals surface area (Å²) in [4.78, 5) is 2.93. The highest BCUT2D eigenvalue weighted by molar-refractivity contribution is 7.12. The number of rotatable bonds is 5. The Bertz CT molecular complexity index is 307. The summed E-state index contributed by atoms with van der Waals surface area (Å²) in [5.41, 5.74) is 1.43. The molecule has 0 aromatic carbocycles. The van der Waals surface area contributed by atoms with Crippen molar-refractivity contribution in [1.82, 2.24) is 10.6 Å². The van der Waals surface area contributed by atoms with Gasteiger partial charge in [-0.3, -0.25) is 0 Å². The van der Waals surface area contributed by atoms with Crippen molar-refractivity contribution in [1.29, 1.82) is 0 Å². The third-order valence-electron chi connectivity index (χ3n) is 3.41. The average molecular weight is 238 g/mol. The molecule has 1 aliphatic rings. The molecule has 1 fully saturated rings. The fourth-order valence-corrected chi connectivity index (χ4v) is 3.24. The molecule has 0 bridgehead atoms. The van der Waals surface area contributed by atoms with Gasteiger partial charge < -0.3 is 10.6 Å². The van der Waals surface area contributed by atoms with Crippen molar-refractivity contribution in [2.45, 2.75) is 33.2 Å². The SMILES string of the molecule is Cc1cc(CNCCC2CCNC2)sc1C. The van der Waals surface area contributed by atoms with Gasteiger partial charge in [0.2, 0.25) is 0 Å². The van der Waals surface area contributed by atoms with Gasteiger partial charge in [-0.1, -0.05) is 0 Å². The monoisotopic (exact) mass is 238 g/mol. The predicted molar refractivity (Wildman–Crippen MR) is 71.1 cm³/mol. The van der Waals surface area contributed by atoms with Crippen molar-refractivity contribution in [2.24, 2.45) is 5.92 Å². The van der Waals surface area contributed by atoms with Crippen LogP contribution in [0.25, 0.3) is 0 Å². The van der Waals surface area contributed by atoms with Gasteiger partial charge in [-0.2, -0.15) is 0 Å². The number of aryl methyl sites for hydroxylation is 2. The normalized spacial score (nSPS) is 20.5. The van der Waals surface area contributed by atoms with Crippen molar-refractivity contribution < 1.29 is 0 Å². The molecule has 1 aromatic heterocycles. The van der Waals surface area contributed by atoms with Crippen LogP contribution in [0.15, 0.2) is 6.07 Å². The summed E-state index contributed by atoms with van der Waals surface area (Å²) < 4.78 is 0. The Morgan fingerprint density at radius 1 is 1.50 bits per heavy atom. The quantitative estimate of drug-likeness (QED) is 0.770. The highest BCUT2D eigenvalue weighted by Crippen LogP contribution is 2.20. The minimum absolute atomic E-state index is 0.902. The fraction of sp³-hybridized carbons (Fsp3) is 0.692. The van der Waals surface area contributed by atoms with Gasteiger partial charge in [0.1, 0.15) is 0 Å². The van der Waals surface area contributed by atoms with Crippen LogP contribution in [0.5, 0.6) is 0 Å². The lowest BCUT2D eigenvalue weighted by molar-refractivity contribution is 0.501. The zero-order chi connectivity index (χ0) is 11.4. The van der Waals surface area contributed by atoms with Gasteiger partial charge in [-0.15, -0.1) is 11.3 Å². The van der Waals surface area contributed by atoms with Crippen molar-refractivity contribution in [2.75, 3.05) is 19.6 Å². The molecule has 1 aliphatic heterocycles. The second-order valence-corrected chi connectivity index (χ2v) is 6.12. The summed E-state index contributed by atoms with van der Waals surface area (Å²) in [5, 5.41) is 6.97. The predicted octanol–water partition coefficient (Wildman–Crippen LogP) is 2.45. The van der Waals surface area contributed by atoms with E-state index in [0.29, 0.717) is 0 Å². The Labute approximate surface area is 102 Å². The van der Waals surface area contributed by atoms with Crippen molar-refractivity contribution >= 4 is 11.3 Å². The van der Waals surface area contributed by atoms with Crippen LogP contribution in [0.3, 0.4) is 0 Å². The van der Waals surface area contributed by atoms with E-state index in [0.717, 1.165) is 19.0 Å². The van der Waals surface area contributed by atoms with E-state index in [9.17, 15) is 0 Å². The lowest BCUT2D eigenvalue weighted by Gasteiger charge is -2.08. The summed E-state index contributed by atoms with van der Waals surface area (Å²) in [6.07, 6.45) is 2.68. The molecule has 1 atom stereocenters. The maximum atomic E-state index is 3.55. The van der Waals surface area contributed by atoms with E-state index in [4.69, 9.17) is 0 Å². The van der Waals surface area contributed by atoms with Crippen LogP contribution in [0.4, 0.5) is 0 Å². The number of nitrogens with one attached hydrogen (secondary N) is 2. The van der Waals surface area contributed by atoms with E-state index in [1.807, 2.05) is 11.3 Å². The molecule has 0 saturated carbocycles. The third kappa shape index (κ3) is 3.30. The lowest BCUT2D eigenvalue weighted by Crippen LogP contribution is -2.18. The standard InChI is InChI=1S/C13H22N2S/c1-10-7-13(16-11(10)2)9-15-6-4-12-3-5-14-8-12/h7,12,14-15H,3-6,8-9H2,1-2H3. The van der Waals surface area contributed by atoms with E-state index in [2.05, 4.69) is 30.5 Å². The molecule has 90 valence electrons. The van der Waals surface area contributed by atoms with E-state index in [-0.39, 0.29) is 0 Å². The molecule has 1 aromatic rings. The zero-order valence-corrected chi connectivity index (χ0v) is 11.1. The molecule has 1 unspecified atom stereocenters. The zero-order valence-electron chi connectivity index (χ0n) is 10.3. The first-order chi connectivity index (χ1) is 7.75. The van der Waals surface area contributed by atoms with Gasteiger partial charge in [0.25, 0.3) is 0 Å². The van der Waals surface area contributed by atoms with Crippen LogP contribution in [-0.4, -0.2) is 19.6 Å². The van der Waals surface area contributed by atoms with E-state index in [1.165, 1.54) is 41.2 Å². The molecule has 2 N–H and O–H groups in total. The van der Waals surface area contributed by atoms with Gasteiger partial charge in [-0.05, 0) is 63.9 Å². The molecule has 0 spiro atoms. The Morgan fingerprint density at radius 2 is 2.38 bits per heavy atom. The Balaban J connectivity index is 1.64. The van der Waals surface area contributed by atoms with Gasteiger partial charge in [-0.25, -0.2) is 0 Å². The Kier molecular flexibility index (Phi) is 4.38. The largest absolute Gasteiger partial charge is 0.316 e. The molecule has 0 radical (unpaired) electrons. The first-order valence-electron chi connectivity index (χ1n) is 6.23. The van der Waals surface area contributed by atoms with Gasteiger partial charge >= 0.3 is 0 Å². The first kappa shape index (κ1) is 12.1. The van der Waals surface area contributed by atoms with E-state index in [1.54, 1.807) is 0 Å². The van der Waals surface area contributed by atoms with Crippen LogP contribution in [0.2, 0.25) is 0 Å².